The summed E-state index contributed by atoms with van der Waals surface area (Å²) in [5, 5.41) is 7.02. The molecule has 0 amide bonds. The quantitative estimate of drug-likeness (QED) is 0.744. The largest absolute Gasteiger partial charge is 0.319 e. The Hall–Kier alpha value is -0.900. The summed E-state index contributed by atoms with van der Waals surface area (Å²) in [6, 6.07) is 0. The van der Waals surface area contributed by atoms with Gasteiger partial charge in [0.2, 0.25) is 0 Å². The summed E-state index contributed by atoms with van der Waals surface area (Å²) < 4.78 is 0. The van der Waals surface area contributed by atoms with E-state index in [9.17, 15) is 0 Å². The van der Waals surface area contributed by atoms with Crippen LogP contribution in [-0.2, 0) is 5.54 Å². The molecule has 0 saturated heterocycles. The van der Waals surface area contributed by atoms with Crippen LogP contribution < -0.4 is 5.73 Å². The lowest BCUT2D eigenvalue weighted by Gasteiger charge is -2.17. The summed E-state index contributed by atoms with van der Waals surface area (Å²) in [7, 11) is 0. The van der Waals surface area contributed by atoms with Crippen molar-refractivity contribution >= 4 is 0 Å². The van der Waals surface area contributed by atoms with Crippen molar-refractivity contribution in [3.63, 3.8) is 0 Å². The number of aromatic nitrogens is 3. The van der Waals surface area contributed by atoms with Gasteiger partial charge in [-0.1, -0.05) is 20.8 Å². The van der Waals surface area contributed by atoms with E-state index in [2.05, 4.69) is 29.0 Å². The first-order chi connectivity index (χ1) is 5.97. The van der Waals surface area contributed by atoms with Crippen LogP contribution in [0.3, 0.4) is 0 Å². The number of rotatable bonds is 3. The number of H-pyrrole nitrogens is 1. The summed E-state index contributed by atoms with van der Waals surface area (Å²) in [5.74, 6) is 1.98. The van der Waals surface area contributed by atoms with Gasteiger partial charge in [-0.15, -0.1) is 0 Å². The molecule has 13 heavy (non-hydrogen) atoms. The molecule has 4 nitrogen and oxygen atoms in total. The zero-order valence-electron chi connectivity index (χ0n) is 8.76. The van der Waals surface area contributed by atoms with Crippen molar-refractivity contribution in [1.82, 2.24) is 15.2 Å². The molecule has 1 aromatic rings. The predicted octanol–water partition coefficient (Wildman–Crippen LogP) is 1.51. The van der Waals surface area contributed by atoms with Gasteiger partial charge >= 0.3 is 0 Å². The van der Waals surface area contributed by atoms with E-state index in [1.165, 1.54) is 0 Å². The van der Waals surface area contributed by atoms with Gasteiger partial charge in [-0.05, 0) is 13.3 Å². The monoisotopic (exact) mass is 182 g/mol. The van der Waals surface area contributed by atoms with Gasteiger partial charge in [-0.25, -0.2) is 4.98 Å². The zero-order chi connectivity index (χ0) is 10.1. The Kier molecular flexibility index (Phi) is 2.71. The van der Waals surface area contributed by atoms with E-state index in [0.717, 1.165) is 12.2 Å². The minimum atomic E-state index is -0.413. The maximum absolute atomic E-state index is 6.01. The first-order valence-corrected chi connectivity index (χ1v) is 4.69. The standard InChI is InChI=1S/C9H18N4/c1-5-9(4,10)8-11-7(6(2)3)12-13-8/h6H,5,10H2,1-4H3,(H,11,12,13). The molecule has 0 bridgehead atoms. The molecule has 0 aliphatic heterocycles. The van der Waals surface area contributed by atoms with Crippen LogP contribution in [0.1, 0.15) is 51.7 Å². The SMILES string of the molecule is CCC(C)(N)c1n[nH]c(C(C)C)n1. The molecule has 4 heteroatoms. The third-order valence-corrected chi connectivity index (χ3v) is 2.29. The molecule has 0 spiro atoms. The van der Waals surface area contributed by atoms with Crippen LogP contribution >= 0.6 is 0 Å². The third-order valence-electron chi connectivity index (χ3n) is 2.29. The van der Waals surface area contributed by atoms with E-state index in [4.69, 9.17) is 5.73 Å². The first kappa shape index (κ1) is 10.2. The molecule has 1 atom stereocenters. The summed E-state index contributed by atoms with van der Waals surface area (Å²) in [6.07, 6.45) is 0.836. The first-order valence-electron chi connectivity index (χ1n) is 4.69. The molecule has 0 radical (unpaired) electrons. The van der Waals surface area contributed by atoms with Gasteiger partial charge in [0, 0.05) is 5.92 Å². The molecule has 0 saturated carbocycles. The lowest BCUT2D eigenvalue weighted by molar-refractivity contribution is 0.446. The van der Waals surface area contributed by atoms with Crippen LogP contribution in [-0.4, -0.2) is 15.2 Å². The Morgan fingerprint density at radius 3 is 2.54 bits per heavy atom. The second kappa shape index (κ2) is 3.46. The molecule has 1 unspecified atom stereocenters. The number of nitrogens with two attached hydrogens (primary N) is 1. The second-order valence-corrected chi connectivity index (χ2v) is 3.97. The number of nitrogens with zero attached hydrogens (tertiary/aromatic N) is 2. The van der Waals surface area contributed by atoms with Gasteiger partial charge in [0.25, 0.3) is 0 Å². The highest BCUT2D eigenvalue weighted by Crippen LogP contribution is 2.18. The van der Waals surface area contributed by atoms with Crippen molar-refractivity contribution in [2.24, 2.45) is 5.73 Å². The van der Waals surface area contributed by atoms with Crippen LogP contribution in [0, 0.1) is 0 Å². The second-order valence-electron chi connectivity index (χ2n) is 3.97. The van der Waals surface area contributed by atoms with E-state index in [1.807, 2.05) is 13.8 Å². The van der Waals surface area contributed by atoms with Crippen molar-refractivity contribution in [3.8, 4) is 0 Å². The number of nitrogens with one attached hydrogen (secondary N) is 1. The fourth-order valence-electron chi connectivity index (χ4n) is 0.946. The maximum atomic E-state index is 6.01. The van der Waals surface area contributed by atoms with Gasteiger partial charge in [-0.2, -0.15) is 5.10 Å². The lowest BCUT2D eigenvalue weighted by Crippen LogP contribution is -2.33. The molecule has 0 aliphatic rings. The van der Waals surface area contributed by atoms with Gasteiger partial charge in [0.1, 0.15) is 5.82 Å². The van der Waals surface area contributed by atoms with E-state index >= 15 is 0 Å². The van der Waals surface area contributed by atoms with Crippen LogP contribution in [0.25, 0.3) is 0 Å². The van der Waals surface area contributed by atoms with Crippen molar-refractivity contribution in [1.29, 1.82) is 0 Å². The van der Waals surface area contributed by atoms with Crippen molar-refractivity contribution in [3.05, 3.63) is 11.6 Å². The average molecular weight is 182 g/mol. The molecule has 3 N–H and O–H groups in total. The van der Waals surface area contributed by atoms with Crippen LogP contribution in [0.4, 0.5) is 0 Å². The minimum absolute atomic E-state index is 0.369. The number of hydrogen-bond donors (Lipinski definition) is 2. The predicted molar refractivity (Wildman–Crippen MR) is 52.3 cm³/mol. The highest BCUT2D eigenvalue weighted by atomic mass is 15.2. The van der Waals surface area contributed by atoms with Gasteiger partial charge < -0.3 is 5.73 Å². The Labute approximate surface area is 78.9 Å². The van der Waals surface area contributed by atoms with Crippen LogP contribution in [0.5, 0.6) is 0 Å². The highest BCUT2D eigenvalue weighted by Gasteiger charge is 2.24. The topological polar surface area (TPSA) is 67.6 Å². The van der Waals surface area contributed by atoms with Crippen molar-refractivity contribution in [2.75, 3.05) is 0 Å². The highest BCUT2D eigenvalue weighted by molar-refractivity contribution is 5.04. The van der Waals surface area contributed by atoms with E-state index in [0.29, 0.717) is 11.7 Å². The van der Waals surface area contributed by atoms with Gasteiger partial charge in [0.15, 0.2) is 5.82 Å². The lowest BCUT2D eigenvalue weighted by atomic mass is 10.00. The zero-order valence-corrected chi connectivity index (χ0v) is 8.76. The van der Waals surface area contributed by atoms with Crippen molar-refractivity contribution < 1.29 is 0 Å². The summed E-state index contributed by atoms with van der Waals surface area (Å²) in [4.78, 5) is 4.36. The number of aromatic amines is 1. The Morgan fingerprint density at radius 1 is 1.54 bits per heavy atom. The maximum Gasteiger partial charge on any atom is 0.170 e. The molecule has 1 rings (SSSR count). The van der Waals surface area contributed by atoms with Gasteiger partial charge in [-0.3, -0.25) is 5.10 Å². The fraction of sp³-hybridized carbons (Fsp3) is 0.778. The van der Waals surface area contributed by atoms with E-state index < -0.39 is 5.54 Å². The van der Waals surface area contributed by atoms with Gasteiger partial charge in [0.05, 0.1) is 5.54 Å². The molecule has 1 aromatic heterocycles. The average Bonchev–Trinajstić information content (AvgIpc) is 2.52. The smallest absolute Gasteiger partial charge is 0.170 e. The normalized spacial score (nSPS) is 16.2. The Morgan fingerprint density at radius 2 is 2.15 bits per heavy atom. The Bertz CT molecular complexity index is 275. The van der Waals surface area contributed by atoms with E-state index in [-0.39, 0.29) is 0 Å². The third kappa shape index (κ3) is 2.06. The van der Waals surface area contributed by atoms with E-state index in [1.54, 1.807) is 0 Å². The summed E-state index contributed by atoms with van der Waals surface area (Å²) >= 11 is 0. The molecule has 0 fully saturated rings. The minimum Gasteiger partial charge on any atom is -0.319 e. The molecule has 74 valence electrons. The molecule has 1 heterocycles. The van der Waals surface area contributed by atoms with Crippen molar-refractivity contribution in [2.45, 2.75) is 45.6 Å². The fourth-order valence-corrected chi connectivity index (χ4v) is 0.946. The number of hydrogen-bond acceptors (Lipinski definition) is 3. The molecular weight excluding hydrogens is 164 g/mol. The summed E-state index contributed by atoms with van der Waals surface area (Å²) in [6.45, 7) is 8.12. The van der Waals surface area contributed by atoms with Crippen LogP contribution in [0.15, 0.2) is 0 Å². The van der Waals surface area contributed by atoms with Crippen LogP contribution in [0.2, 0.25) is 0 Å². The molecule has 0 aromatic carbocycles. The molecule has 0 aliphatic carbocycles. The molecular formula is C9H18N4. The summed E-state index contributed by atoms with van der Waals surface area (Å²) in [5.41, 5.74) is 5.59. The Balaban J connectivity index is 2.91.